The maximum atomic E-state index is 12.0. The van der Waals surface area contributed by atoms with Gasteiger partial charge in [-0.15, -0.1) is 0 Å². The van der Waals surface area contributed by atoms with Gasteiger partial charge in [-0.25, -0.2) is 4.79 Å². The summed E-state index contributed by atoms with van der Waals surface area (Å²) in [5.41, 5.74) is 5.89. The Balaban J connectivity index is 2.92. The van der Waals surface area contributed by atoms with Crippen LogP contribution in [-0.4, -0.2) is 30.6 Å². The van der Waals surface area contributed by atoms with E-state index in [2.05, 4.69) is 10.1 Å². The van der Waals surface area contributed by atoms with E-state index in [9.17, 15) is 9.59 Å². The van der Waals surface area contributed by atoms with Gasteiger partial charge >= 0.3 is 5.97 Å². The summed E-state index contributed by atoms with van der Waals surface area (Å²) in [7, 11) is 1.27. The molecule has 0 aromatic heterocycles. The minimum absolute atomic E-state index is 0.188. The van der Waals surface area contributed by atoms with E-state index in [0.29, 0.717) is 5.69 Å². The molecule has 21 heavy (non-hydrogen) atoms. The Morgan fingerprint density at radius 2 is 1.90 bits per heavy atom. The second-order valence-corrected chi connectivity index (χ2v) is 5.75. The molecule has 0 aliphatic carbocycles. The van der Waals surface area contributed by atoms with Gasteiger partial charge in [-0.05, 0) is 45.9 Å². The Morgan fingerprint density at radius 1 is 1.29 bits per heavy atom. The molecule has 6 nitrogen and oxygen atoms in total. The summed E-state index contributed by atoms with van der Waals surface area (Å²) in [5, 5.41) is 2.81. The number of nitrogen functional groups attached to an aromatic ring is 1. The Hall–Kier alpha value is -2.24. The van der Waals surface area contributed by atoms with Crippen LogP contribution in [0.2, 0.25) is 0 Å². The number of nitrogens with two attached hydrogens (primary N) is 1. The smallest absolute Gasteiger partial charge is 0.341 e. The second kappa shape index (κ2) is 6.47. The fraction of sp³-hybridized carbons (Fsp3) is 0.467. The third kappa shape index (κ3) is 4.98. The maximum absolute atomic E-state index is 12.0. The van der Waals surface area contributed by atoms with Gasteiger partial charge < -0.3 is 20.5 Å². The Labute approximate surface area is 124 Å². The van der Waals surface area contributed by atoms with E-state index in [1.807, 2.05) is 20.8 Å². The van der Waals surface area contributed by atoms with Gasteiger partial charge in [0.2, 0.25) is 0 Å². The zero-order valence-electron chi connectivity index (χ0n) is 13.0. The van der Waals surface area contributed by atoms with Crippen LogP contribution < -0.4 is 15.8 Å². The SMILES string of the molecule is COC(=O)c1cc(N)ccc1OC(C)C(=O)NC(C)(C)C. The average molecular weight is 294 g/mol. The van der Waals surface area contributed by atoms with E-state index in [1.165, 1.54) is 13.2 Å². The molecule has 0 saturated carbocycles. The number of carbonyl (C=O) groups is 2. The lowest BCUT2D eigenvalue weighted by atomic mass is 10.1. The number of hydrogen-bond acceptors (Lipinski definition) is 5. The molecule has 1 amide bonds. The molecule has 0 bridgehead atoms. The van der Waals surface area contributed by atoms with E-state index >= 15 is 0 Å². The van der Waals surface area contributed by atoms with Crippen LogP contribution in [0, 0.1) is 0 Å². The monoisotopic (exact) mass is 294 g/mol. The summed E-state index contributed by atoms with van der Waals surface area (Å²) in [6.07, 6.45) is -0.753. The standard InChI is InChI=1S/C15H22N2O4/c1-9(13(18)17-15(2,3)4)21-12-7-6-10(16)8-11(12)14(19)20-5/h6-9H,16H2,1-5H3,(H,17,18). The summed E-state index contributed by atoms with van der Waals surface area (Å²) in [6.45, 7) is 7.24. The first-order valence-corrected chi connectivity index (χ1v) is 6.60. The van der Waals surface area contributed by atoms with E-state index in [4.69, 9.17) is 10.5 Å². The number of nitrogens with one attached hydrogen (secondary N) is 1. The molecular formula is C15H22N2O4. The van der Waals surface area contributed by atoms with Crippen molar-refractivity contribution in [3.05, 3.63) is 23.8 Å². The van der Waals surface area contributed by atoms with Gasteiger partial charge in [0.15, 0.2) is 6.10 Å². The first-order chi connectivity index (χ1) is 9.64. The van der Waals surface area contributed by atoms with E-state index in [0.717, 1.165) is 0 Å². The number of anilines is 1. The number of rotatable bonds is 4. The van der Waals surface area contributed by atoms with Gasteiger partial charge in [0.1, 0.15) is 11.3 Å². The maximum Gasteiger partial charge on any atom is 0.341 e. The molecule has 0 radical (unpaired) electrons. The molecule has 0 spiro atoms. The van der Waals surface area contributed by atoms with Crippen molar-refractivity contribution in [1.29, 1.82) is 0 Å². The van der Waals surface area contributed by atoms with E-state index < -0.39 is 12.1 Å². The molecule has 1 aromatic rings. The zero-order chi connectivity index (χ0) is 16.2. The van der Waals surface area contributed by atoms with Crippen LogP contribution in [0.3, 0.4) is 0 Å². The van der Waals surface area contributed by atoms with Crippen molar-refractivity contribution in [3.8, 4) is 5.75 Å². The molecule has 3 N–H and O–H groups in total. The van der Waals surface area contributed by atoms with Crippen molar-refractivity contribution < 1.29 is 19.1 Å². The van der Waals surface area contributed by atoms with Crippen LogP contribution in [0.1, 0.15) is 38.1 Å². The van der Waals surface area contributed by atoms with Crippen molar-refractivity contribution in [1.82, 2.24) is 5.32 Å². The lowest BCUT2D eigenvalue weighted by Crippen LogP contribution is -2.46. The number of carbonyl (C=O) groups excluding carboxylic acids is 2. The fourth-order valence-electron chi connectivity index (χ4n) is 1.64. The Kier molecular flexibility index (Phi) is 5.18. The van der Waals surface area contributed by atoms with Crippen molar-refractivity contribution in [2.45, 2.75) is 39.3 Å². The van der Waals surface area contributed by atoms with Gasteiger partial charge in [0.25, 0.3) is 5.91 Å². The number of methoxy groups -OCH3 is 1. The van der Waals surface area contributed by atoms with Gasteiger partial charge in [0.05, 0.1) is 7.11 Å². The molecule has 6 heteroatoms. The molecule has 1 unspecified atom stereocenters. The number of hydrogen-bond donors (Lipinski definition) is 2. The minimum Gasteiger partial charge on any atom is -0.480 e. The fourth-order valence-corrected chi connectivity index (χ4v) is 1.64. The van der Waals surface area contributed by atoms with Crippen LogP contribution in [0.25, 0.3) is 0 Å². The highest BCUT2D eigenvalue weighted by molar-refractivity contribution is 5.93. The summed E-state index contributed by atoms with van der Waals surface area (Å²) in [5.74, 6) is -0.580. The van der Waals surface area contributed by atoms with Crippen LogP contribution in [0.5, 0.6) is 5.75 Å². The molecule has 0 fully saturated rings. The number of amides is 1. The first kappa shape index (κ1) is 16.8. The molecule has 0 heterocycles. The molecular weight excluding hydrogens is 272 g/mol. The van der Waals surface area contributed by atoms with Crippen LogP contribution in [-0.2, 0) is 9.53 Å². The summed E-state index contributed by atoms with van der Waals surface area (Å²) in [4.78, 5) is 23.7. The third-order valence-electron chi connectivity index (χ3n) is 2.58. The van der Waals surface area contributed by atoms with Crippen molar-refractivity contribution in [3.63, 3.8) is 0 Å². The molecule has 1 rings (SSSR count). The molecule has 1 aromatic carbocycles. The predicted molar refractivity (Wildman–Crippen MR) is 80.2 cm³/mol. The number of esters is 1. The summed E-state index contributed by atoms with van der Waals surface area (Å²) >= 11 is 0. The lowest BCUT2D eigenvalue weighted by molar-refractivity contribution is -0.128. The summed E-state index contributed by atoms with van der Waals surface area (Å²) in [6, 6.07) is 4.59. The minimum atomic E-state index is -0.753. The lowest BCUT2D eigenvalue weighted by Gasteiger charge is -2.24. The predicted octanol–water partition coefficient (Wildman–Crippen LogP) is 1.74. The summed E-state index contributed by atoms with van der Waals surface area (Å²) < 4.78 is 10.2. The largest absolute Gasteiger partial charge is 0.480 e. The normalized spacial score (nSPS) is 12.4. The van der Waals surface area contributed by atoms with Crippen molar-refractivity contribution in [2.75, 3.05) is 12.8 Å². The molecule has 0 aliphatic heterocycles. The Bertz CT molecular complexity index is 535. The number of ether oxygens (including phenoxy) is 2. The number of benzene rings is 1. The molecule has 0 aliphatic rings. The third-order valence-corrected chi connectivity index (χ3v) is 2.58. The topological polar surface area (TPSA) is 90.7 Å². The van der Waals surface area contributed by atoms with E-state index in [1.54, 1.807) is 19.1 Å². The van der Waals surface area contributed by atoms with Gasteiger partial charge in [-0.3, -0.25) is 4.79 Å². The molecule has 0 saturated heterocycles. The second-order valence-electron chi connectivity index (χ2n) is 5.75. The van der Waals surface area contributed by atoms with Crippen LogP contribution >= 0.6 is 0 Å². The van der Waals surface area contributed by atoms with Crippen LogP contribution in [0.15, 0.2) is 18.2 Å². The van der Waals surface area contributed by atoms with Gasteiger partial charge in [-0.2, -0.15) is 0 Å². The Morgan fingerprint density at radius 3 is 2.43 bits per heavy atom. The highest BCUT2D eigenvalue weighted by Crippen LogP contribution is 2.23. The average Bonchev–Trinajstić information content (AvgIpc) is 2.37. The highest BCUT2D eigenvalue weighted by Gasteiger charge is 2.23. The van der Waals surface area contributed by atoms with Crippen molar-refractivity contribution in [2.24, 2.45) is 0 Å². The van der Waals surface area contributed by atoms with Gasteiger partial charge in [0, 0.05) is 11.2 Å². The zero-order valence-corrected chi connectivity index (χ0v) is 13.0. The first-order valence-electron chi connectivity index (χ1n) is 6.60. The van der Waals surface area contributed by atoms with E-state index in [-0.39, 0.29) is 22.8 Å². The highest BCUT2D eigenvalue weighted by atomic mass is 16.5. The van der Waals surface area contributed by atoms with Crippen molar-refractivity contribution >= 4 is 17.6 Å². The van der Waals surface area contributed by atoms with Gasteiger partial charge in [-0.1, -0.05) is 0 Å². The molecule has 116 valence electrons. The van der Waals surface area contributed by atoms with Crippen LogP contribution in [0.4, 0.5) is 5.69 Å². The quantitative estimate of drug-likeness (QED) is 0.652. The molecule has 1 atom stereocenters.